The Hall–Kier alpha value is -1.09. The molecule has 3 unspecified atom stereocenters. The number of hydrogen-bond acceptors (Lipinski definition) is 3. The normalized spacial score (nSPS) is 25.1. The Labute approximate surface area is 110 Å². The van der Waals surface area contributed by atoms with Crippen LogP contribution in [0.3, 0.4) is 0 Å². The number of rotatable bonds is 5. The zero-order valence-electron chi connectivity index (χ0n) is 11.6. The molecule has 0 bridgehead atoms. The Morgan fingerprint density at radius 2 is 2.33 bits per heavy atom. The topological polar surface area (TPSA) is 34.2 Å². The van der Waals surface area contributed by atoms with Crippen molar-refractivity contribution in [2.24, 2.45) is 11.8 Å². The summed E-state index contributed by atoms with van der Waals surface area (Å²) in [6.45, 7) is 5.47. The van der Waals surface area contributed by atoms with Crippen molar-refractivity contribution in [2.45, 2.75) is 39.2 Å². The Balaban J connectivity index is 2.23. The van der Waals surface area contributed by atoms with Crippen LogP contribution in [0, 0.1) is 11.8 Å². The highest BCUT2D eigenvalue weighted by molar-refractivity contribution is 5.30. The van der Waals surface area contributed by atoms with Crippen LogP contribution in [0.5, 0.6) is 5.75 Å². The number of nitrogens with one attached hydrogen (secondary N) is 1. The molecule has 100 valence electrons. The zero-order valence-corrected chi connectivity index (χ0v) is 11.6. The van der Waals surface area contributed by atoms with Crippen LogP contribution < -0.4 is 10.1 Å². The first kappa shape index (κ1) is 13.3. The molecule has 1 fully saturated rings. The number of methoxy groups -OCH3 is 1. The molecule has 0 aliphatic heterocycles. The molecule has 1 aromatic heterocycles. The summed E-state index contributed by atoms with van der Waals surface area (Å²) in [5, 5.41) is 3.59. The van der Waals surface area contributed by atoms with E-state index in [4.69, 9.17) is 4.74 Å². The van der Waals surface area contributed by atoms with Crippen molar-refractivity contribution in [1.82, 2.24) is 10.3 Å². The van der Waals surface area contributed by atoms with Gasteiger partial charge >= 0.3 is 0 Å². The van der Waals surface area contributed by atoms with Crippen molar-refractivity contribution in [1.29, 1.82) is 0 Å². The van der Waals surface area contributed by atoms with Crippen LogP contribution in [0.1, 0.15) is 44.8 Å². The third kappa shape index (κ3) is 2.83. The van der Waals surface area contributed by atoms with Gasteiger partial charge < -0.3 is 10.1 Å². The van der Waals surface area contributed by atoms with Crippen molar-refractivity contribution >= 4 is 0 Å². The molecule has 0 amide bonds. The van der Waals surface area contributed by atoms with E-state index >= 15 is 0 Å². The van der Waals surface area contributed by atoms with E-state index in [1.54, 1.807) is 7.11 Å². The van der Waals surface area contributed by atoms with Gasteiger partial charge in [0.05, 0.1) is 18.8 Å². The lowest BCUT2D eigenvalue weighted by atomic mass is 9.93. The van der Waals surface area contributed by atoms with Crippen molar-refractivity contribution in [3.05, 3.63) is 24.0 Å². The molecule has 1 aliphatic rings. The SMILES string of the molecule is CCNC(c1ncccc1OC)C1CCC(C)C1. The first-order valence-electron chi connectivity index (χ1n) is 6.98. The van der Waals surface area contributed by atoms with Crippen LogP contribution >= 0.6 is 0 Å². The van der Waals surface area contributed by atoms with Gasteiger partial charge in [-0.2, -0.15) is 0 Å². The fourth-order valence-corrected chi connectivity index (χ4v) is 3.07. The van der Waals surface area contributed by atoms with Crippen LogP contribution in [0.25, 0.3) is 0 Å². The minimum absolute atomic E-state index is 0.330. The lowest BCUT2D eigenvalue weighted by molar-refractivity contribution is 0.335. The molecule has 0 aromatic carbocycles. The minimum Gasteiger partial charge on any atom is -0.495 e. The summed E-state index contributed by atoms with van der Waals surface area (Å²) in [6.07, 6.45) is 5.78. The van der Waals surface area contributed by atoms with E-state index in [1.165, 1.54) is 19.3 Å². The molecule has 0 radical (unpaired) electrons. The van der Waals surface area contributed by atoms with E-state index in [9.17, 15) is 0 Å². The lowest BCUT2D eigenvalue weighted by Crippen LogP contribution is -2.28. The van der Waals surface area contributed by atoms with Gasteiger partial charge in [-0.1, -0.05) is 20.3 Å². The van der Waals surface area contributed by atoms with E-state index in [2.05, 4.69) is 24.1 Å². The van der Waals surface area contributed by atoms with E-state index in [0.29, 0.717) is 12.0 Å². The van der Waals surface area contributed by atoms with Crippen LogP contribution in [0.2, 0.25) is 0 Å². The predicted molar refractivity (Wildman–Crippen MR) is 73.7 cm³/mol. The molecule has 1 N–H and O–H groups in total. The fraction of sp³-hybridized carbons (Fsp3) is 0.667. The molecule has 1 saturated carbocycles. The molecule has 3 atom stereocenters. The van der Waals surface area contributed by atoms with Gasteiger partial charge in [0.15, 0.2) is 0 Å². The third-order valence-corrected chi connectivity index (χ3v) is 3.95. The molecule has 3 nitrogen and oxygen atoms in total. The van der Waals surface area contributed by atoms with Crippen LogP contribution in [0.15, 0.2) is 18.3 Å². The molecule has 1 aromatic rings. The summed E-state index contributed by atoms with van der Waals surface area (Å²) in [5.41, 5.74) is 1.07. The second-order valence-corrected chi connectivity index (χ2v) is 5.30. The predicted octanol–water partition coefficient (Wildman–Crippen LogP) is 3.18. The van der Waals surface area contributed by atoms with Crippen LogP contribution in [-0.2, 0) is 0 Å². The third-order valence-electron chi connectivity index (χ3n) is 3.95. The molecular weight excluding hydrogens is 224 g/mol. The van der Waals surface area contributed by atoms with Gasteiger partial charge in [0.2, 0.25) is 0 Å². The summed E-state index contributed by atoms with van der Waals surface area (Å²) in [6, 6.07) is 4.27. The highest BCUT2D eigenvalue weighted by Crippen LogP contribution is 2.40. The Morgan fingerprint density at radius 3 is 2.94 bits per heavy atom. The summed E-state index contributed by atoms with van der Waals surface area (Å²) in [4.78, 5) is 4.55. The van der Waals surface area contributed by atoms with Gasteiger partial charge in [-0.05, 0) is 43.4 Å². The maximum atomic E-state index is 5.46. The first-order valence-corrected chi connectivity index (χ1v) is 6.98. The summed E-state index contributed by atoms with van der Waals surface area (Å²) < 4.78 is 5.46. The van der Waals surface area contributed by atoms with Crippen molar-refractivity contribution in [2.75, 3.05) is 13.7 Å². The summed E-state index contributed by atoms with van der Waals surface area (Å²) >= 11 is 0. The Bertz CT molecular complexity index is 381. The van der Waals surface area contributed by atoms with Crippen LogP contribution in [0.4, 0.5) is 0 Å². The van der Waals surface area contributed by atoms with E-state index in [0.717, 1.165) is 23.9 Å². The quantitative estimate of drug-likeness (QED) is 0.869. The zero-order chi connectivity index (χ0) is 13.0. The summed E-state index contributed by atoms with van der Waals surface area (Å²) in [5.74, 6) is 2.43. The average molecular weight is 248 g/mol. The van der Waals surface area contributed by atoms with Gasteiger partial charge in [-0.15, -0.1) is 0 Å². The molecule has 0 saturated heterocycles. The van der Waals surface area contributed by atoms with Crippen molar-refractivity contribution in [3.63, 3.8) is 0 Å². The van der Waals surface area contributed by atoms with Gasteiger partial charge in [0, 0.05) is 6.20 Å². The molecule has 0 spiro atoms. The van der Waals surface area contributed by atoms with Gasteiger partial charge in [-0.25, -0.2) is 0 Å². The largest absolute Gasteiger partial charge is 0.495 e. The minimum atomic E-state index is 0.330. The molecule has 18 heavy (non-hydrogen) atoms. The molecule has 2 rings (SSSR count). The fourth-order valence-electron chi connectivity index (χ4n) is 3.07. The second kappa shape index (κ2) is 6.19. The smallest absolute Gasteiger partial charge is 0.141 e. The number of ether oxygens (including phenoxy) is 1. The van der Waals surface area contributed by atoms with Crippen LogP contribution in [-0.4, -0.2) is 18.6 Å². The monoisotopic (exact) mass is 248 g/mol. The Kier molecular flexibility index (Phi) is 4.59. The lowest BCUT2D eigenvalue weighted by Gasteiger charge is -2.25. The van der Waals surface area contributed by atoms with Gasteiger partial charge in [0.1, 0.15) is 5.75 Å². The first-order chi connectivity index (χ1) is 8.76. The highest BCUT2D eigenvalue weighted by Gasteiger charge is 2.31. The van der Waals surface area contributed by atoms with Crippen molar-refractivity contribution in [3.8, 4) is 5.75 Å². The molecule has 1 heterocycles. The second-order valence-electron chi connectivity index (χ2n) is 5.30. The maximum absolute atomic E-state index is 5.46. The molecule has 3 heteroatoms. The highest BCUT2D eigenvalue weighted by atomic mass is 16.5. The number of aromatic nitrogens is 1. The average Bonchev–Trinajstić information content (AvgIpc) is 2.82. The molecule has 1 aliphatic carbocycles. The van der Waals surface area contributed by atoms with E-state index in [-0.39, 0.29) is 0 Å². The van der Waals surface area contributed by atoms with E-state index in [1.807, 2.05) is 18.3 Å². The maximum Gasteiger partial charge on any atom is 0.141 e. The van der Waals surface area contributed by atoms with Gasteiger partial charge in [0.25, 0.3) is 0 Å². The van der Waals surface area contributed by atoms with Crippen molar-refractivity contribution < 1.29 is 4.74 Å². The summed E-state index contributed by atoms with van der Waals surface area (Å²) in [7, 11) is 1.72. The number of hydrogen-bond donors (Lipinski definition) is 1. The number of nitrogens with zero attached hydrogens (tertiary/aromatic N) is 1. The Morgan fingerprint density at radius 1 is 1.50 bits per heavy atom. The van der Waals surface area contributed by atoms with E-state index < -0.39 is 0 Å². The number of pyridine rings is 1. The van der Waals surface area contributed by atoms with Gasteiger partial charge in [-0.3, -0.25) is 4.98 Å². The molecular formula is C15H24N2O. The standard InChI is InChI=1S/C15H24N2O/c1-4-16-14(12-8-7-11(2)10-12)15-13(18-3)6-5-9-17-15/h5-6,9,11-12,14,16H,4,7-8,10H2,1-3H3.